The number of rotatable bonds is 3. The van der Waals surface area contributed by atoms with Crippen molar-refractivity contribution in [1.29, 1.82) is 0 Å². The molecule has 1 saturated heterocycles. The number of carboxylic acids is 1. The van der Waals surface area contributed by atoms with Crippen molar-refractivity contribution in [2.24, 2.45) is 4.99 Å². The van der Waals surface area contributed by atoms with E-state index in [1.807, 2.05) is 30.3 Å². The molecule has 0 saturated carbocycles. The maximum atomic E-state index is 11.2. The number of carboxylic acid groups (broad SMARTS) is 1. The first kappa shape index (κ1) is 19.1. The number of aliphatic imine (C=N–C) groups is 1. The number of aliphatic carboxylic acids is 1. The first-order valence-electron chi connectivity index (χ1n) is 8.14. The maximum absolute atomic E-state index is 11.2. The Morgan fingerprint density at radius 1 is 1.04 bits per heavy atom. The zero-order valence-corrected chi connectivity index (χ0v) is 14.3. The smallest absolute Gasteiger partial charge is 0.391 e. The van der Waals surface area contributed by atoms with Gasteiger partial charge in [0.05, 0.1) is 0 Å². The van der Waals surface area contributed by atoms with Crippen molar-refractivity contribution in [3.8, 4) is 5.75 Å². The number of fused-ring (bicyclic) bond motifs is 1. The molecule has 2 aromatic carbocycles. The molecule has 1 aliphatic heterocycles. The van der Waals surface area contributed by atoms with Crippen molar-refractivity contribution in [2.75, 3.05) is 7.05 Å². The molecule has 0 radical (unpaired) electrons. The van der Waals surface area contributed by atoms with Crippen molar-refractivity contribution in [3.05, 3.63) is 42.5 Å². The van der Waals surface area contributed by atoms with Crippen molar-refractivity contribution >= 4 is 22.8 Å². The van der Waals surface area contributed by atoms with Gasteiger partial charge in [-0.1, -0.05) is 36.4 Å². The lowest BCUT2D eigenvalue weighted by atomic mass is 9.99. The Morgan fingerprint density at radius 3 is 2.44 bits per heavy atom. The van der Waals surface area contributed by atoms with Crippen LogP contribution in [0.25, 0.3) is 10.8 Å². The van der Waals surface area contributed by atoms with Gasteiger partial charge < -0.3 is 34.6 Å². The molecule has 4 N–H and O–H groups in total. The number of aliphatic hydroxyl groups excluding tert-OH is 3. The molecule has 27 heavy (non-hydrogen) atoms. The lowest BCUT2D eigenvalue weighted by Crippen LogP contribution is -2.60. The van der Waals surface area contributed by atoms with E-state index >= 15 is 0 Å². The Morgan fingerprint density at radius 2 is 1.74 bits per heavy atom. The number of carbonyl (C=O) groups is 1. The minimum atomic E-state index is -1.81. The van der Waals surface area contributed by atoms with Gasteiger partial charge in [0.15, 0.2) is 6.10 Å². The maximum Gasteiger partial charge on any atom is 0.391 e. The second-order valence-electron chi connectivity index (χ2n) is 5.92. The largest absolute Gasteiger partial charge is 0.479 e. The van der Waals surface area contributed by atoms with Gasteiger partial charge in [-0.15, -0.1) is 0 Å². The second-order valence-corrected chi connectivity index (χ2v) is 5.92. The summed E-state index contributed by atoms with van der Waals surface area (Å²) < 4.78 is 16.0. The number of benzene rings is 2. The molecule has 2 aromatic rings. The van der Waals surface area contributed by atoms with Crippen LogP contribution in [0.3, 0.4) is 0 Å². The highest BCUT2D eigenvalue weighted by Crippen LogP contribution is 2.27. The summed E-state index contributed by atoms with van der Waals surface area (Å²) in [5.74, 6) is -1.08. The van der Waals surface area contributed by atoms with E-state index in [4.69, 9.17) is 19.3 Å². The monoisotopic (exact) mass is 377 g/mol. The summed E-state index contributed by atoms with van der Waals surface area (Å²) in [5, 5.41) is 40.4. The van der Waals surface area contributed by atoms with Gasteiger partial charge in [0.1, 0.15) is 24.1 Å². The molecule has 9 nitrogen and oxygen atoms in total. The fraction of sp³-hybridized carbons (Fsp3) is 0.333. The molecule has 1 aliphatic rings. The molecule has 5 atom stereocenters. The molecule has 0 aliphatic carbocycles. The third kappa shape index (κ3) is 3.86. The zero-order chi connectivity index (χ0) is 19.6. The Labute approximate surface area is 154 Å². The van der Waals surface area contributed by atoms with Crippen LogP contribution in [0, 0.1) is 0 Å². The Kier molecular flexibility index (Phi) is 5.57. The molecular formula is C18H19NO8. The van der Waals surface area contributed by atoms with Crippen LogP contribution in [0.15, 0.2) is 47.5 Å². The minimum Gasteiger partial charge on any atom is -0.479 e. The fourth-order valence-electron chi connectivity index (χ4n) is 2.75. The molecule has 0 spiro atoms. The lowest BCUT2D eigenvalue weighted by molar-refractivity contribution is -0.277. The van der Waals surface area contributed by atoms with Crippen molar-refractivity contribution in [1.82, 2.24) is 0 Å². The van der Waals surface area contributed by atoms with Crippen molar-refractivity contribution in [3.63, 3.8) is 0 Å². The standard InChI is InChI=1S/C18H19NO8/c1-19-18(25-11-8-4-6-9-5-2-3-7-10(9)11)27-17-14(22)12(20)13(21)15(26-17)16(23)24/h2-8,12-15,17,20-22H,1H3,(H,23,24)/t12-,13-,14+,15-,17-/m0/s1. The van der Waals surface area contributed by atoms with Crippen LogP contribution in [0.2, 0.25) is 0 Å². The van der Waals surface area contributed by atoms with Gasteiger partial charge >= 0.3 is 12.1 Å². The van der Waals surface area contributed by atoms with Crippen LogP contribution in [0.1, 0.15) is 0 Å². The zero-order valence-electron chi connectivity index (χ0n) is 14.3. The Hall–Kier alpha value is -2.72. The Balaban J connectivity index is 1.79. The summed E-state index contributed by atoms with van der Waals surface area (Å²) in [6, 6.07) is 12.8. The number of ether oxygens (including phenoxy) is 3. The number of aliphatic hydroxyl groups is 3. The number of nitrogens with zero attached hydrogens (tertiary/aromatic N) is 1. The average molecular weight is 377 g/mol. The summed E-state index contributed by atoms with van der Waals surface area (Å²) in [5.41, 5.74) is 0. The SMILES string of the molecule is CN=C(Oc1cccc2ccccc12)O[C@@H]1O[C@H](C(=O)O)[C@@H](O)[C@H](O)[C@H]1O. The summed E-state index contributed by atoms with van der Waals surface area (Å²) in [6.07, 6.45) is -8.97. The van der Waals surface area contributed by atoms with Gasteiger partial charge in [-0.05, 0) is 11.5 Å². The topological polar surface area (TPSA) is 138 Å². The van der Waals surface area contributed by atoms with E-state index in [1.165, 1.54) is 7.05 Å². The van der Waals surface area contributed by atoms with Gasteiger partial charge in [0.25, 0.3) is 0 Å². The minimum absolute atomic E-state index is 0.303. The third-order valence-electron chi connectivity index (χ3n) is 4.16. The highest BCUT2D eigenvalue weighted by atomic mass is 16.8. The highest BCUT2D eigenvalue weighted by molar-refractivity contribution is 5.90. The van der Waals surface area contributed by atoms with Gasteiger partial charge in [-0.3, -0.25) is 0 Å². The van der Waals surface area contributed by atoms with Crippen LogP contribution < -0.4 is 4.74 Å². The van der Waals surface area contributed by atoms with E-state index in [0.717, 1.165) is 10.8 Å². The molecule has 0 aromatic heterocycles. The first-order valence-corrected chi connectivity index (χ1v) is 8.14. The van der Waals surface area contributed by atoms with E-state index < -0.39 is 36.7 Å². The summed E-state index contributed by atoms with van der Waals surface area (Å²) >= 11 is 0. The summed E-state index contributed by atoms with van der Waals surface area (Å²) in [7, 11) is 1.37. The molecule has 1 fully saturated rings. The van der Waals surface area contributed by atoms with Crippen LogP contribution in [-0.4, -0.2) is 70.2 Å². The second kappa shape index (κ2) is 7.89. The molecule has 1 heterocycles. The van der Waals surface area contributed by atoms with E-state index in [2.05, 4.69) is 4.99 Å². The van der Waals surface area contributed by atoms with Crippen molar-refractivity contribution < 1.29 is 39.4 Å². The predicted molar refractivity (Wildman–Crippen MR) is 93.3 cm³/mol. The molecule has 9 heteroatoms. The normalized spacial score (nSPS) is 28.7. The van der Waals surface area contributed by atoms with Crippen molar-refractivity contribution in [2.45, 2.75) is 30.7 Å². The predicted octanol–water partition coefficient (Wildman–Crippen LogP) is 0.113. The molecule has 0 bridgehead atoms. The molecule has 144 valence electrons. The van der Waals surface area contributed by atoms with Crippen LogP contribution in [0.4, 0.5) is 0 Å². The highest BCUT2D eigenvalue weighted by Gasteiger charge is 2.48. The lowest BCUT2D eigenvalue weighted by Gasteiger charge is -2.38. The third-order valence-corrected chi connectivity index (χ3v) is 4.16. The number of hydrogen-bond acceptors (Lipinski definition) is 8. The first-order chi connectivity index (χ1) is 12.9. The molecule has 0 amide bonds. The van der Waals surface area contributed by atoms with E-state index in [0.29, 0.717) is 5.75 Å². The molecule has 0 unspecified atom stereocenters. The summed E-state index contributed by atoms with van der Waals surface area (Å²) in [4.78, 5) is 15.0. The van der Waals surface area contributed by atoms with Gasteiger partial charge in [0.2, 0.25) is 6.29 Å². The van der Waals surface area contributed by atoms with Gasteiger partial charge in [-0.2, -0.15) is 0 Å². The number of hydrogen-bond donors (Lipinski definition) is 4. The van der Waals surface area contributed by atoms with Gasteiger partial charge in [0, 0.05) is 12.4 Å². The van der Waals surface area contributed by atoms with E-state index in [1.54, 1.807) is 12.1 Å². The quantitative estimate of drug-likeness (QED) is 0.437. The van der Waals surface area contributed by atoms with Crippen LogP contribution >= 0.6 is 0 Å². The molecule has 3 rings (SSSR count). The fourth-order valence-corrected chi connectivity index (χ4v) is 2.75. The average Bonchev–Trinajstić information content (AvgIpc) is 2.67. The molecular weight excluding hydrogens is 358 g/mol. The van der Waals surface area contributed by atoms with Crippen LogP contribution in [-0.2, 0) is 14.3 Å². The van der Waals surface area contributed by atoms with E-state index in [-0.39, 0.29) is 6.08 Å². The Bertz CT molecular complexity index is 849. The van der Waals surface area contributed by atoms with E-state index in [9.17, 15) is 20.1 Å². The summed E-state index contributed by atoms with van der Waals surface area (Å²) in [6.45, 7) is 0. The van der Waals surface area contributed by atoms with Gasteiger partial charge in [-0.25, -0.2) is 9.79 Å². The van der Waals surface area contributed by atoms with Crippen LogP contribution in [0.5, 0.6) is 5.75 Å².